The van der Waals surface area contributed by atoms with E-state index < -0.39 is 11.9 Å². The van der Waals surface area contributed by atoms with Gasteiger partial charge in [0.1, 0.15) is 10.6 Å². The van der Waals surface area contributed by atoms with Gasteiger partial charge in [0.25, 0.3) is 0 Å². The summed E-state index contributed by atoms with van der Waals surface area (Å²) in [5, 5.41) is 5.66. The summed E-state index contributed by atoms with van der Waals surface area (Å²) in [6, 6.07) is 13.4. The molecule has 0 bridgehead atoms. The zero-order valence-electron chi connectivity index (χ0n) is 12.6. The van der Waals surface area contributed by atoms with E-state index in [4.69, 9.17) is 9.15 Å². The van der Waals surface area contributed by atoms with Gasteiger partial charge in [0.05, 0.1) is 6.21 Å². The van der Waals surface area contributed by atoms with Gasteiger partial charge in [-0.1, -0.05) is 6.07 Å². The van der Waals surface area contributed by atoms with Gasteiger partial charge in [0.15, 0.2) is 10.4 Å². The van der Waals surface area contributed by atoms with Gasteiger partial charge < -0.3 is 9.15 Å². The third-order valence-electron chi connectivity index (χ3n) is 2.99. The van der Waals surface area contributed by atoms with Crippen LogP contribution in [0.1, 0.15) is 25.8 Å². The number of rotatable bonds is 5. The molecule has 1 N–H and O–H groups in total. The van der Waals surface area contributed by atoms with Crippen LogP contribution in [0, 0.1) is 0 Å². The normalized spacial score (nSPS) is 10.8. The van der Waals surface area contributed by atoms with Crippen molar-refractivity contribution >= 4 is 45.4 Å². The van der Waals surface area contributed by atoms with Gasteiger partial charge in [0, 0.05) is 0 Å². The lowest BCUT2D eigenvalue weighted by Gasteiger charge is -2.02. The highest BCUT2D eigenvalue weighted by molar-refractivity contribution is 9.10. The second-order valence-electron chi connectivity index (χ2n) is 4.74. The van der Waals surface area contributed by atoms with Gasteiger partial charge in [0.2, 0.25) is 0 Å². The van der Waals surface area contributed by atoms with E-state index in [9.17, 15) is 9.59 Å². The fraction of sp³-hybridized carbons (Fsp3) is 0. The van der Waals surface area contributed by atoms with Crippen LogP contribution < -0.4 is 10.2 Å². The smallest absolute Gasteiger partial charge is 0.353 e. The largest absolute Gasteiger partial charge is 0.444 e. The van der Waals surface area contributed by atoms with Crippen molar-refractivity contribution < 1.29 is 18.7 Å². The number of nitrogens with zero attached hydrogens (tertiary/aromatic N) is 1. The SMILES string of the molecule is O=C(N/N=C/c1ccc(OC(=O)c2cccs2)cc1)c1ccc(Br)o1. The Balaban J connectivity index is 1.55. The molecule has 0 unspecified atom stereocenters. The summed E-state index contributed by atoms with van der Waals surface area (Å²) in [4.78, 5) is 24.1. The molecule has 0 atom stereocenters. The zero-order valence-corrected chi connectivity index (χ0v) is 15.0. The number of carbonyl (C=O) groups is 2. The van der Waals surface area contributed by atoms with Crippen molar-refractivity contribution in [3.63, 3.8) is 0 Å². The van der Waals surface area contributed by atoms with E-state index in [0.29, 0.717) is 15.3 Å². The number of furan rings is 1. The quantitative estimate of drug-likeness (QED) is 0.292. The van der Waals surface area contributed by atoms with Gasteiger partial charge in [-0.15, -0.1) is 11.3 Å². The highest BCUT2D eigenvalue weighted by Crippen LogP contribution is 2.16. The Morgan fingerprint density at radius 1 is 1.16 bits per heavy atom. The number of halogens is 1. The van der Waals surface area contributed by atoms with Gasteiger partial charge in [-0.25, -0.2) is 10.2 Å². The van der Waals surface area contributed by atoms with Crippen LogP contribution in [0.25, 0.3) is 0 Å². The molecule has 0 saturated heterocycles. The number of amides is 1. The van der Waals surface area contributed by atoms with E-state index >= 15 is 0 Å². The number of thiophene rings is 1. The third kappa shape index (κ3) is 4.65. The van der Waals surface area contributed by atoms with E-state index in [1.807, 2.05) is 5.38 Å². The van der Waals surface area contributed by atoms with E-state index in [1.54, 1.807) is 42.5 Å². The summed E-state index contributed by atoms with van der Waals surface area (Å²) < 4.78 is 10.8. The molecule has 0 aliphatic heterocycles. The first-order valence-corrected chi connectivity index (χ1v) is 8.73. The van der Waals surface area contributed by atoms with Crippen LogP contribution in [-0.4, -0.2) is 18.1 Å². The Morgan fingerprint density at radius 3 is 2.60 bits per heavy atom. The molecule has 3 rings (SSSR count). The van der Waals surface area contributed by atoms with E-state index in [0.717, 1.165) is 5.56 Å². The molecule has 2 aromatic heterocycles. The van der Waals surface area contributed by atoms with Crippen molar-refractivity contribution in [3.05, 3.63) is 74.8 Å². The second kappa shape index (κ2) is 7.91. The second-order valence-corrected chi connectivity index (χ2v) is 6.47. The highest BCUT2D eigenvalue weighted by Gasteiger charge is 2.10. The molecule has 0 radical (unpaired) electrons. The van der Waals surface area contributed by atoms with Crippen molar-refractivity contribution in [1.82, 2.24) is 5.43 Å². The maximum Gasteiger partial charge on any atom is 0.353 e. The molecular weight excluding hydrogens is 408 g/mol. The molecule has 0 saturated carbocycles. The molecule has 25 heavy (non-hydrogen) atoms. The van der Waals surface area contributed by atoms with Crippen molar-refractivity contribution in [3.8, 4) is 5.75 Å². The highest BCUT2D eigenvalue weighted by atomic mass is 79.9. The molecule has 0 fully saturated rings. The minimum absolute atomic E-state index is 0.153. The first kappa shape index (κ1) is 17.1. The van der Waals surface area contributed by atoms with Gasteiger partial charge in [-0.3, -0.25) is 4.79 Å². The number of ether oxygens (including phenoxy) is 1. The Morgan fingerprint density at radius 2 is 1.96 bits per heavy atom. The number of esters is 1. The molecule has 0 aliphatic carbocycles. The number of benzene rings is 1. The lowest BCUT2D eigenvalue weighted by molar-refractivity contribution is 0.0739. The van der Waals surface area contributed by atoms with Crippen LogP contribution in [0.15, 0.2) is 68.1 Å². The van der Waals surface area contributed by atoms with Crippen LogP contribution in [0.5, 0.6) is 5.75 Å². The van der Waals surface area contributed by atoms with Gasteiger partial charge in [-0.2, -0.15) is 5.10 Å². The third-order valence-corrected chi connectivity index (χ3v) is 4.27. The average Bonchev–Trinajstić information content (AvgIpc) is 3.28. The predicted molar refractivity (Wildman–Crippen MR) is 97.2 cm³/mol. The van der Waals surface area contributed by atoms with Gasteiger partial charge >= 0.3 is 11.9 Å². The predicted octanol–water partition coefficient (Wildman–Crippen LogP) is 4.09. The Kier molecular flexibility index (Phi) is 5.42. The van der Waals surface area contributed by atoms with Crippen molar-refractivity contribution in [2.75, 3.05) is 0 Å². The van der Waals surface area contributed by atoms with Crippen molar-refractivity contribution in [2.24, 2.45) is 5.10 Å². The molecule has 1 amide bonds. The number of nitrogens with one attached hydrogen (secondary N) is 1. The Labute approximate surface area is 155 Å². The topological polar surface area (TPSA) is 80.9 Å². The maximum absolute atomic E-state index is 11.8. The molecule has 3 aromatic rings. The number of hydrogen-bond donors (Lipinski definition) is 1. The molecule has 1 aromatic carbocycles. The number of carbonyl (C=O) groups excluding carboxylic acids is 2. The minimum Gasteiger partial charge on any atom is -0.444 e. The van der Waals surface area contributed by atoms with Crippen LogP contribution in [0.2, 0.25) is 0 Å². The summed E-state index contributed by atoms with van der Waals surface area (Å²) in [5.74, 6) is -0.267. The average molecular weight is 419 g/mol. The van der Waals surface area contributed by atoms with E-state index in [-0.39, 0.29) is 5.76 Å². The Hall–Kier alpha value is -2.71. The maximum atomic E-state index is 11.8. The number of hydrazone groups is 1. The molecule has 6 nitrogen and oxygen atoms in total. The number of hydrogen-bond acceptors (Lipinski definition) is 6. The molecule has 8 heteroatoms. The molecule has 126 valence electrons. The summed E-state index contributed by atoms with van der Waals surface area (Å²) in [7, 11) is 0. The summed E-state index contributed by atoms with van der Waals surface area (Å²) >= 11 is 4.44. The fourth-order valence-electron chi connectivity index (χ4n) is 1.83. The van der Waals surface area contributed by atoms with Crippen LogP contribution in [-0.2, 0) is 0 Å². The zero-order chi connectivity index (χ0) is 17.6. The molecule has 2 heterocycles. The monoisotopic (exact) mass is 418 g/mol. The van der Waals surface area contributed by atoms with Crippen molar-refractivity contribution in [1.29, 1.82) is 0 Å². The van der Waals surface area contributed by atoms with Crippen molar-refractivity contribution in [2.45, 2.75) is 0 Å². The first-order chi connectivity index (χ1) is 12.1. The molecular formula is C17H11BrN2O4S. The summed E-state index contributed by atoms with van der Waals surface area (Å²) in [6.07, 6.45) is 1.47. The standard InChI is InChI=1S/C17H11BrN2O4S/c18-15-8-7-13(24-15)16(21)20-19-10-11-3-5-12(6-4-11)23-17(22)14-2-1-9-25-14/h1-10H,(H,20,21)/b19-10+. The summed E-state index contributed by atoms with van der Waals surface area (Å²) in [5.41, 5.74) is 3.09. The van der Waals surface area contributed by atoms with E-state index in [1.165, 1.54) is 23.6 Å². The van der Waals surface area contributed by atoms with Crippen LogP contribution >= 0.6 is 27.3 Å². The molecule has 0 spiro atoms. The Bertz CT molecular complexity index is 901. The van der Waals surface area contributed by atoms with Crippen LogP contribution in [0.4, 0.5) is 0 Å². The lowest BCUT2D eigenvalue weighted by Crippen LogP contribution is -2.16. The fourth-order valence-corrected chi connectivity index (χ4v) is 2.74. The lowest BCUT2D eigenvalue weighted by atomic mass is 10.2. The van der Waals surface area contributed by atoms with Gasteiger partial charge in [-0.05, 0) is 69.3 Å². The summed E-state index contributed by atoms with van der Waals surface area (Å²) in [6.45, 7) is 0. The first-order valence-electron chi connectivity index (χ1n) is 7.06. The molecule has 0 aliphatic rings. The van der Waals surface area contributed by atoms with E-state index in [2.05, 4.69) is 26.5 Å². The minimum atomic E-state index is -0.455. The van der Waals surface area contributed by atoms with Crippen LogP contribution in [0.3, 0.4) is 0 Å².